The monoisotopic (exact) mass is 551 g/mol. The van der Waals surface area contributed by atoms with E-state index in [-0.39, 0.29) is 24.3 Å². The number of hydrogen-bond acceptors (Lipinski definition) is 7. The summed E-state index contributed by atoms with van der Waals surface area (Å²) in [6, 6.07) is 17.3. The summed E-state index contributed by atoms with van der Waals surface area (Å²) in [5.74, 6) is 0.890. The predicted octanol–water partition coefficient (Wildman–Crippen LogP) is 6.73. The summed E-state index contributed by atoms with van der Waals surface area (Å²) in [7, 11) is 0. The van der Waals surface area contributed by atoms with Gasteiger partial charge in [0, 0.05) is 25.5 Å². The highest BCUT2D eigenvalue weighted by molar-refractivity contribution is 6.32. The standard InChI is InChI=1S/C27H23ClFN3O3.C2H4O2/c28-22-14-19(7-12-24(22)34-15-17-3-1-4-18(29)13-17)32-27-26-23(30-16-31-27)5-2-6-25(26)35-21-10-8-20(33)9-11-21;1-2(3)4/h1-7,12-14,16,21H,8-11,15H2,(H,30,31,32);1H3,(H,3,4). The van der Waals surface area contributed by atoms with Gasteiger partial charge in [-0.15, -0.1) is 0 Å². The van der Waals surface area contributed by atoms with Crippen molar-refractivity contribution in [1.29, 1.82) is 0 Å². The number of carbonyl (C=O) groups excluding carboxylic acids is 1. The fraction of sp³-hybridized carbons (Fsp3) is 0.241. The molecular weight excluding hydrogens is 525 g/mol. The van der Waals surface area contributed by atoms with Crippen LogP contribution in [0.25, 0.3) is 10.9 Å². The Balaban J connectivity index is 0.000000826. The molecule has 1 heterocycles. The summed E-state index contributed by atoms with van der Waals surface area (Å²) in [5.41, 5.74) is 2.17. The molecule has 2 N–H and O–H groups in total. The zero-order valence-electron chi connectivity index (χ0n) is 21.2. The number of carboxylic acid groups (broad SMARTS) is 1. The lowest BCUT2D eigenvalue weighted by Crippen LogP contribution is -2.24. The van der Waals surface area contributed by atoms with Gasteiger partial charge in [0.05, 0.1) is 22.0 Å². The Labute approximate surface area is 229 Å². The summed E-state index contributed by atoms with van der Waals surface area (Å²) in [6.45, 7) is 1.29. The molecule has 0 amide bonds. The van der Waals surface area contributed by atoms with Gasteiger partial charge < -0.3 is 19.9 Å². The van der Waals surface area contributed by atoms with Crippen LogP contribution in [0, 0.1) is 5.82 Å². The van der Waals surface area contributed by atoms with Crippen molar-refractivity contribution in [2.24, 2.45) is 0 Å². The molecule has 0 aliphatic heterocycles. The summed E-state index contributed by atoms with van der Waals surface area (Å²) in [6.07, 6.45) is 3.98. The summed E-state index contributed by atoms with van der Waals surface area (Å²) >= 11 is 6.46. The summed E-state index contributed by atoms with van der Waals surface area (Å²) in [4.78, 5) is 29.4. The third-order valence-corrected chi connectivity index (χ3v) is 6.18. The van der Waals surface area contributed by atoms with Gasteiger partial charge in [0.25, 0.3) is 5.97 Å². The Kier molecular flexibility index (Phi) is 9.27. The number of rotatable bonds is 7. The van der Waals surface area contributed by atoms with Gasteiger partial charge >= 0.3 is 0 Å². The Hall–Kier alpha value is -4.24. The van der Waals surface area contributed by atoms with E-state index in [9.17, 15) is 9.18 Å². The molecule has 8 nitrogen and oxygen atoms in total. The quantitative estimate of drug-likeness (QED) is 0.260. The minimum Gasteiger partial charge on any atom is -0.490 e. The molecule has 0 saturated heterocycles. The van der Waals surface area contributed by atoms with E-state index in [1.54, 1.807) is 24.3 Å². The lowest BCUT2D eigenvalue weighted by atomic mass is 9.96. The molecule has 1 aromatic heterocycles. The highest BCUT2D eigenvalue weighted by Gasteiger charge is 2.21. The van der Waals surface area contributed by atoms with E-state index in [0.29, 0.717) is 59.3 Å². The Morgan fingerprint density at radius 1 is 1.08 bits per heavy atom. The van der Waals surface area contributed by atoms with Crippen LogP contribution in [-0.2, 0) is 16.2 Å². The smallest absolute Gasteiger partial charge is 0.300 e. The van der Waals surface area contributed by atoms with Crippen LogP contribution in [0.4, 0.5) is 15.9 Å². The van der Waals surface area contributed by atoms with Crippen LogP contribution >= 0.6 is 11.6 Å². The minimum absolute atomic E-state index is 0.0182. The van der Waals surface area contributed by atoms with Gasteiger partial charge in [0.1, 0.15) is 41.9 Å². The molecular formula is C29H27ClFN3O5. The molecule has 0 radical (unpaired) electrons. The molecule has 0 spiro atoms. The van der Waals surface area contributed by atoms with Gasteiger partial charge in [-0.3, -0.25) is 9.59 Å². The molecule has 1 aliphatic carbocycles. The van der Waals surface area contributed by atoms with Crippen LogP contribution < -0.4 is 14.8 Å². The van der Waals surface area contributed by atoms with Crippen LogP contribution in [0.5, 0.6) is 11.5 Å². The molecule has 1 saturated carbocycles. The second kappa shape index (κ2) is 13.0. The Bertz CT molecular complexity index is 1460. The lowest BCUT2D eigenvalue weighted by Gasteiger charge is -2.23. The molecule has 0 bridgehead atoms. The van der Waals surface area contributed by atoms with Gasteiger partial charge in [-0.1, -0.05) is 29.8 Å². The van der Waals surface area contributed by atoms with E-state index < -0.39 is 5.97 Å². The second-order valence-electron chi connectivity index (χ2n) is 8.94. The van der Waals surface area contributed by atoms with E-state index in [0.717, 1.165) is 17.8 Å². The van der Waals surface area contributed by atoms with E-state index >= 15 is 0 Å². The number of anilines is 2. The maximum absolute atomic E-state index is 13.4. The average Bonchev–Trinajstić information content (AvgIpc) is 2.89. The Morgan fingerprint density at radius 3 is 2.54 bits per heavy atom. The van der Waals surface area contributed by atoms with Crippen LogP contribution in [-0.4, -0.2) is 32.9 Å². The first-order valence-electron chi connectivity index (χ1n) is 12.3. The summed E-state index contributed by atoms with van der Waals surface area (Å²) < 4.78 is 25.4. The van der Waals surface area contributed by atoms with E-state index in [2.05, 4.69) is 15.3 Å². The maximum Gasteiger partial charge on any atom is 0.300 e. The van der Waals surface area contributed by atoms with Crippen molar-refractivity contribution < 1.29 is 28.6 Å². The largest absolute Gasteiger partial charge is 0.490 e. The first-order chi connectivity index (χ1) is 18.8. The summed E-state index contributed by atoms with van der Waals surface area (Å²) in [5, 5.41) is 11.9. The van der Waals surface area contributed by atoms with Crippen molar-refractivity contribution in [1.82, 2.24) is 9.97 Å². The van der Waals surface area contributed by atoms with Crippen molar-refractivity contribution >= 4 is 45.8 Å². The third kappa shape index (κ3) is 7.87. The normalized spacial score (nSPS) is 13.4. The van der Waals surface area contributed by atoms with Crippen molar-refractivity contribution in [3.8, 4) is 11.5 Å². The van der Waals surface area contributed by atoms with Gasteiger partial charge in [-0.25, -0.2) is 14.4 Å². The zero-order valence-corrected chi connectivity index (χ0v) is 22.0. The van der Waals surface area contributed by atoms with Crippen molar-refractivity contribution in [3.63, 3.8) is 0 Å². The molecule has 1 fully saturated rings. The number of Topliss-reactive ketones (excluding diaryl/α,β-unsaturated/α-hetero) is 1. The number of carboxylic acids is 1. The number of aromatic nitrogens is 2. The number of fused-ring (bicyclic) bond motifs is 1. The van der Waals surface area contributed by atoms with Crippen molar-refractivity contribution in [2.45, 2.75) is 45.3 Å². The molecule has 39 heavy (non-hydrogen) atoms. The van der Waals surface area contributed by atoms with Crippen molar-refractivity contribution in [2.75, 3.05) is 5.32 Å². The van der Waals surface area contributed by atoms with Crippen LogP contribution in [0.3, 0.4) is 0 Å². The zero-order chi connectivity index (χ0) is 27.8. The number of halogens is 2. The molecule has 0 atom stereocenters. The van der Waals surface area contributed by atoms with Crippen molar-refractivity contribution in [3.05, 3.63) is 83.4 Å². The maximum atomic E-state index is 13.4. The number of ketones is 1. The first kappa shape index (κ1) is 27.8. The average molecular weight is 552 g/mol. The number of carbonyl (C=O) groups is 2. The molecule has 5 rings (SSSR count). The number of aliphatic carboxylic acids is 1. The van der Waals surface area contributed by atoms with Crippen LogP contribution in [0.1, 0.15) is 38.2 Å². The topological polar surface area (TPSA) is 111 Å². The number of nitrogens with one attached hydrogen (secondary N) is 1. The Morgan fingerprint density at radius 2 is 1.82 bits per heavy atom. The molecule has 10 heteroatoms. The number of benzene rings is 3. The van der Waals surface area contributed by atoms with Crippen LogP contribution in [0.2, 0.25) is 5.02 Å². The number of nitrogens with zero attached hydrogens (tertiary/aromatic N) is 2. The first-order valence-corrected chi connectivity index (χ1v) is 12.7. The van der Waals surface area contributed by atoms with Gasteiger partial charge in [-0.05, 0) is 60.9 Å². The highest BCUT2D eigenvalue weighted by atomic mass is 35.5. The highest BCUT2D eigenvalue weighted by Crippen LogP contribution is 2.35. The predicted molar refractivity (Wildman–Crippen MR) is 146 cm³/mol. The number of hydrogen-bond donors (Lipinski definition) is 2. The third-order valence-electron chi connectivity index (χ3n) is 5.89. The SMILES string of the molecule is CC(=O)O.O=C1CCC(Oc2cccc3ncnc(Nc4ccc(OCc5cccc(F)c5)c(Cl)c4)c23)CC1. The second-order valence-corrected chi connectivity index (χ2v) is 9.34. The van der Waals surface area contributed by atoms with Gasteiger partial charge in [0.2, 0.25) is 0 Å². The lowest BCUT2D eigenvalue weighted by molar-refractivity contribution is -0.134. The van der Waals surface area contributed by atoms with Crippen LogP contribution in [0.15, 0.2) is 67.0 Å². The van der Waals surface area contributed by atoms with E-state index in [4.69, 9.17) is 31.0 Å². The minimum atomic E-state index is -0.833. The molecule has 3 aromatic carbocycles. The molecule has 4 aromatic rings. The van der Waals surface area contributed by atoms with E-state index in [1.807, 2.05) is 24.3 Å². The van der Waals surface area contributed by atoms with Gasteiger partial charge in [0.15, 0.2) is 0 Å². The number of ether oxygens (including phenoxy) is 2. The van der Waals surface area contributed by atoms with Gasteiger partial charge in [-0.2, -0.15) is 0 Å². The fourth-order valence-corrected chi connectivity index (χ4v) is 4.34. The molecule has 0 unspecified atom stereocenters. The molecule has 202 valence electrons. The molecule has 1 aliphatic rings. The fourth-order valence-electron chi connectivity index (χ4n) is 4.10. The van der Waals surface area contributed by atoms with E-state index in [1.165, 1.54) is 18.5 Å².